The number of nitrogens with one attached hydrogen (secondary N) is 3. The molecule has 9 heteroatoms. The van der Waals surface area contributed by atoms with Gasteiger partial charge in [0.25, 0.3) is 0 Å². The molecule has 0 fully saturated rings. The summed E-state index contributed by atoms with van der Waals surface area (Å²) in [5.74, 6) is -0.282. The number of hydrogen-bond acceptors (Lipinski definition) is 3. The average Bonchev–Trinajstić information content (AvgIpc) is 2.52. The Morgan fingerprint density at radius 2 is 1.77 bits per heavy atom. The Morgan fingerprint density at radius 1 is 1.12 bits per heavy atom. The fraction of sp³-hybridized carbons (Fsp3) is 0.353. The first-order chi connectivity index (χ1) is 12.0. The summed E-state index contributed by atoms with van der Waals surface area (Å²) in [5, 5.41) is 9.68. The number of para-hydroxylation sites is 1. The van der Waals surface area contributed by atoms with Crippen LogP contribution in [0.4, 0.5) is 5.69 Å². The van der Waals surface area contributed by atoms with Gasteiger partial charge in [0.15, 0.2) is 5.11 Å². The maximum Gasteiger partial charge on any atom is 0.228 e. The molecule has 5 nitrogen and oxygen atoms in total. The van der Waals surface area contributed by atoms with E-state index in [1.165, 1.54) is 0 Å². The summed E-state index contributed by atoms with van der Waals surface area (Å²) in [5.41, 5.74) is 0.805. The molecule has 0 saturated heterocycles. The van der Waals surface area contributed by atoms with Crippen LogP contribution in [-0.2, 0) is 4.79 Å². The maximum absolute atomic E-state index is 12.2. The van der Waals surface area contributed by atoms with Crippen molar-refractivity contribution < 1.29 is 4.79 Å². The fourth-order valence-electron chi connectivity index (χ4n) is 2.04. The SMILES string of the molecule is CC(C)(C)C(=O)N[C@H](NC(=S)Nc1cccc2cccnc12)C(Cl)(Cl)Cl. The van der Waals surface area contributed by atoms with Crippen molar-refractivity contribution in [1.82, 2.24) is 15.6 Å². The third-order valence-corrected chi connectivity index (χ3v) is 4.31. The van der Waals surface area contributed by atoms with Crippen molar-refractivity contribution in [3.8, 4) is 0 Å². The van der Waals surface area contributed by atoms with E-state index in [1.54, 1.807) is 27.0 Å². The van der Waals surface area contributed by atoms with Crippen molar-refractivity contribution in [1.29, 1.82) is 0 Å². The smallest absolute Gasteiger partial charge is 0.228 e. The van der Waals surface area contributed by atoms with Gasteiger partial charge in [0, 0.05) is 17.0 Å². The molecular formula is C17H19Cl3N4OS. The second-order valence-corrected chi connectivity index (χ2v) is 9.45. The number of halogens is 3. The summed E-state index contributed by atoms with van der Waals surface area (Å²) in [6, 6.07) is 9.45. The van der Waals surface area contributed by atoms with Crippen molar-refractivity contribution in [2.24, 2.45) is 5.41 Å². The Balaban J connectivity index is 2.15. The molecule has 0 spiro atoms. The molecule has 140 valence electrons. The highest BCUT2D eigenvalue weighted by atomic mass is 35.6. The van der Waals surface area contributed by atoms with E-state index in [-0.39, 0.29) is 11.0 Å². The molecule has 0 aliphatic heterocycles. The van der Waals surface area contributed by atoms with Crippen molar-refractivity contribution in [2.45, 2.75) is 30.7 Å². The van der Waals surface area contributed by atoms with Gasteiger partial charge in [-0.2, -0.15) is 0 Å². The molecule has 26 heavy (non-hydrogen) atoms. The highest BCUT2D eigenvalue weighted by Gasteiger charge is 2.36. The first-order valence-corrected chi connectivity index (χ1v) is 9.31. The number of alkyl halides is 3. The van der Waals surface area contributed by atoms with E-state index in [0.29, 0.717) is 5.69 Å². The number of aromatic nitrogens is 1. The fourth-order valence-corrected chi connectivity index (χ4v) is 2.60. The van der Waals surface area contributed by atoms with Crippen molar-refractivity contribution in [3.63, 3.8) is 0 Å². The van der Waals surface area contributed by atoms with E-state index in [0.717, 1.165) is 10.9 Å². The number of amides is 1. The van der Waals surface area contributed by atoms with Gasteiger partial charge in [0.1, 0.15) is 6.17 Å². The lowest BCUT2D eigenvalue weighted by molar-refractivity contribution is -0.129. The molecule has 0 unspecified atom stereocenters. The minimum atomic E-state index is -1.80. The van der Waals surface area contributed by atoms with Gasteiger partial charge in [-0.25, -0.2) is 0 Å². The molecule has 1 amide bonds. The number of hydrogen-bond donors (Lipinski definition) is 3. The van der Waals surface area contributed by atoms with E-state index in [1.807, 2.05) is 30.3 Å². The Labute approximate surface area is 172 Å². The number of thiocarbonyl (C=S) groups is 1. The number of fused-ring (bicyclic) bond motifs is 1. The normalized spacial score (nSPS) is 13.2. The second kappa shape index (κ2) is 8.13. The molecule has 0 bridgehead atoms. The lowest BCUT2D eigenvalue weighted by atomic mass is 9.95. The van der Waals surface area contributed by atoms with E-state index in [9.17, 15) is 4.79 Å². The number of pyridine rings is 1. The van der Waals surface area contributed by atoms with Crippen LogP contribution in [0.15, 0.2) is 36.5 Å². The molecule has 1 aromatic heterocycles. The maximum atomic E-state index is 12.2. The minimum absolute atomic E-state index is 0.189. The van der Waals surface area contributed by atoms with Gasteiger partial charge >= 0.3 is 0 Å². The van der Waals surface area contributed by atoms with Crippen LogP contribution in [0.3, 0.4) is 0 Å². The van der Waals surface area contributed by atoms with Crippen LogP contribution in [0.25, 0.3) is 10.9 Å². The number of carbonyl (C=O) groups is 1. The van der Waals surface area contributed by atoms with Crippen LogP contribution < -0.4 is 16.0 Å². The van der Waals surface area contributed by atoms with Crippen molar-refractivity contribution in [2.75, 3.05) is 5.32 Å². The number of nitrogens with zero attached hydrogens (tertiary/aromatic N) is 1. The number of benzene rings is 1. The van der Waals surface area contributed by atoms with Crippen LogP contribution in [0.1, 0.15) is 20.8 Å². The van der Waals surface area contributed by atoms with Crippen molar-refractivity contribution in [3.05, 3.63) is 36.5 Å². The average molecular weight is 434 g/mol. The quantitative estimate of drug-likeness (QED) is 0.381. The number of anilines is 1. The zero-order valence-electron chi connectivity index (χ0n) is 14.4. The summed E-state index contributed by atoms with van der Waals surface area (Å²) in [4.78, 5) is 16.6. The Hall–Kier alpha value is -1.34. The molecule has 1 heterocycles. The topological polar surface area (TPSA) is 66.1 Å². The largest absolute Gasteiger partial charge is 0.339 e. The Bertz CT molecular complexity index is 812. The molecule has 1 aromatic carbocycles. The summed E-state index contributed by atoms with van der Waals surface area (Å²) in [7, 11) is 0. The van der Waals surface area contributed by atoms with E-state index >= 15 is 0 Å². The summed E-state index contributed by atoms with van der Waals surface area (Å²) < 4.78 is -1.80. The van der Waals surface area contributed by atoms with Gasteiger partial charge in [0.05, 0.1) is 11.2 Å². The Morgan fingerprint density at radius 3 is 2.38 bits per heavy atom. The van der Waals surface area contributed by atoms with Gasteiger partial charge in [-0.3, -0.25) is 9.78 Å². The molecule has 0 saturated carbocycles. The number of carbonyl (C=O) groups excluding carboxylic acids is 1. The highest BCUT2D eigenvalue weighted by Crippen LogP contribution is 2.30. The van der Waals surface area contributed by atoms with Crippen LogP contribution >= 0.6 is 47.0 Å². The van der Waals surface area contributed by atoms with Crippen LogP contribution in [0.5, 0.6) is 0 Å². The predicted octanol–water partition coefficient (Wildman–Crippen LogP) is 4.38. The summed E-state index contributed by atoms with van der Waals surface area (Å²) >= 11 is 23.3. The van der Waals surface area contributed by atoms with Crippen LogP contribution in [-0.4, -0.2) is 26.0 Å². The molecule has 0 aliphatic carbocycles. The monoisotopic (exact) mass is 432 g/mol. The minimum Gasteiger partial charge on any atom is -0.339 e. The zero-order valence-corrected chi connectivity index (χ0v) is 17.5. The third-order valence-electron chi connectivity index (χ3n) is 3.44. The van der Waals surface area contributed by atoms with Crippen LogP contribution in [0, 0.1) is 5.41 Å². The van der Waals surface area contributed by atoms with Gasteiger partial charge in [-0.05, 0) is 24.4 Å². The first kappa shape index (κ1) is 21.0. The first-order valence-electron chi connectivity index (χ1n) is 7.77. The standard InChI is InChI=1S/C17H19Cl3N4OS/c1-16(2,3)14(25)23-13(17(18,19)20)24-15(26)22-11-8-4-6-10-7-5-9-21-12(10)11/h4-9,13H,1-3H3,(H,23,25)(H2,22,24,26)/t13-/m1/s1. The molecule has 2 aromatic rings. The predicted molar refractivity (Wildman–Crippen MR) is 113 cm³/mol. The van der Waals surface area contributed by atoms with E-state index in [2.05, 4.69) is 20.9 Å². The molecule has 3 N–H and O–H groups in total. The van der Waals surface area contributed by atoms with Gasteiger partial charge in [0.2, 0.25) is 9.70 Å². The Kier molecular flexibility index (Phi) is 6.55. The molecule has 2 rings (SSSR count). The summed E-state index contributed by atoms with van der Waals surface area (Å²) in [6.07, 6.45) is 0.680. The van der Waals surface area contributed by atoms with Crippen molar-refractivity contribution >= 4 is 74.6 Å². The molecule has 1 atom stereocenters. The zero-order chi connectivity index (χ0) is 19.5. The molecule has 0 radical (unpaired) electrons. The highest BCUT2D eigenvalue weighted by molar-refractivity contribution is 7.80. The molecule has 0 aliphatic rings. The van der Waals surface area contributed by atoms with Gasteiger partial charge in [-0.15, -0.1) is 0 Å². The lowest BCUT2D eigenvalue weighted by Gasteiger charge is -2.30. The lowest BCUT2D eigenvalue weighted by Crippen LogP contribution is -2.58. The summed E-state index contributed by atoms with van der Waals surface area (Å²) in [6.45, 7) is 5.28. The van der Waals surface area contributed by atoms with E-state index < -0.39 is 15.4 Å². The molecular weight excluding hydrogens is 415 g/mol. The third kappa shape index (κ3) is 5.58. The van der Waals surface area contributed by atoms with Gasteiger partial charge in [-0.1, -0.05) is 73.8 Å². The van der Waals surface area contributed by atoms with E-state index in [4.69, 9.17) is 47.0 Å². The second-order valence-electron chi connectivity index (χ2n) is 6.68. The van der Waals surface area contributed by atoms with Crippen LogP contribution in [0.2, 0.25) is 0 Å². The number of rotatable bonds is 3. The van der Waals surface area contributed by atoms with Gasteiger partial charge < -0.3 is 16.0 Å².